The number of likely N-dealkylation sites (N-methyl/N-ethyl adjacent to an activating group) is 1. The lowest BCUT2D eigenvalue weighted by atomic mass is 10.1. The van der Waals surface area contributed by atoms with E-state index in [2.05, 4.69) is 10.6 Å². The first kappa shape index (κ1) is 21.0. The maximum absolute atomic E-state index is 14.3. The van der Waals surface area contributed by atoms with Crippen LogP contribution in [0.4, 0.5) is 10.1 Å². The molecule has 0 aromatic heterocycles. The molecule has 1 aliphatic heterocycles. The highest BCUT2D eigenvalue weighted by molar-refractivity contribution is 6.02. The van der Waals surface area contributed by atoms with Crippen molar-refractivity contribution in [2.24, 2.45) is 0 Å². The number of amides is 2. The van der Waals surface area contributed by atoms with Gasteiger partial charge in [-0.05, 0) is 24.6 Å². The smallest absolute Gasteiger partial charge is 0.255 e. The van der Waals surface area contributed by atoms with Crippen LogP contribution in [0.2, 0.25) is 0 Å². The molecule has 0 fully saturated rings. The molecule has 154 valence electrons. The van der Waals surface area contributed by atoms with E-state index in [1.54, 1.807) is 30.3 Å². The maximum Gasteiger partial charge on any atom is 0.255 e. The summed E-state index contributed by atoms with van der Waals surface area (Å²) < 4.78 is 14.3. The van der Waals surface area contributed by atoms with Crippen molar-refractivity contribution >= 4 is 23.8 Å². The standard InChI is InChI=1S/C22H21FN4O3/c1-25-21(29)19(9-4-10-28)27-13-17-16(22(27)30)7-3-8-18(17)26-12-15-6-2-5-14(11-24)20(15)23/h2-3,5-8,10,19,26H,4,9,12-13H2,1H3,(H,25,29). The highest BCUT2D eigenvalue weighted by atomic mass is 19.1. The molecule has 30 heavy (non-hydrogen) atoms. The van der Waals surface area contributed by atoms with E-state index in [9.17, 15) is 18.8 Å². The van der Waals surface area contributed by atoms with Crippen molar-refractivity contribution in [3.05, 3.63) is 64.5 Å². The van der Waals surface area contributed by atoms with Gasteiger partial charge in [0, 0.05) is 48.9 Å². The molecule has 2 N–H and O–H groups in total. The van der Waals surface area contributed by atoms with Gasteiger partial charge in [-0.25, -0.2) is 4.39 Å². The molecule has 0 bridgehead atoms. The summed E-state index contributed by atoms with van der Waals surface area (Å²) in [5, 5.41) is 14.7. The summed E-state index contributed by atoms with van der Waals surface area (Å²) in [5.74, 6) is -1.19. The van der Waals surface area contributed by atoms with Crippen LogP contribution in [-0.4, -0.2) is 36.1 Å². The normalized spacial score (nSPS) is 13.4. The molecular weight excluding hydrogens is 387 g/mol. The lowest BCUT2D eigenvalue weighted by molar-refractivity contribution is -0.125. The second kappa shape index (κ2) is 9.18. The number of halogens is 1. The van der Waals surface area contributed by atoms with Gasteiger partial charge in [-0.3, -0.25) is 9.59 Å². The van der Waals surface area contributed by atoms with E-state index < -0.39 is 11.9 Å². The fourth-order valence-corrected chi connectivity index (χ4v) is 3.59. The molecule has 3 rings (SSSR count). The van der Waals surface area contributed by atoms with Gasteiger partial charge >= 0.3 is 0 Å². The highest BCUT2D eigenvalue weighted by Gasteiger charge is 2.36. The Labute approximate surface area is 173 Å². The molecule has 8 heteroatoms. The Bertz CT molecular complexity index is 1030. The zero-order valence-electron chi connectivity index (χ0n) is 16.4. The molecule has 0 radical (unpaired) electrons. The van der Waals surface area contributed by atoms with E-state index in [0.717, 1.165) is 6.29 Å². The van der Waals surface area contributed by atoms with Crippen LogP contribution in [0.1, 0.15) is 39.9 Å². The molecule has 0 saturated carbocycles. The van der Waals surface area contributed by atoms with Crippen LogP contribution in [0.5, 0.6) is 0 Å². The highest BCUT2D eigenvalue weighted by Crippen LogP contribution is 2.32. The molecule has 2 aromatic carbocycles. The fraction of sp³-hybridized carbons (Fsp3) is 0.273. The Morgan fingerprint density at radius 2 is 2.10 bits per heavy atom. The summed E-state index contributed by atoms with van der Waals surface area (Å²) >= 11 is 0. The number of carbonyl (C=O) groups is 3. The van der Waals surface area contributed by atoms with Crippen molar-refractivity contribution in [3.63, 3.8) is 0 Å². The average molecular weight is 408 g/mol. The Hall–Kier alpha value is -3.73. The minimum Gasteiger partial charge on any atom is -0.381 e. The van der Waals surface area contributed by atoms with E-state index in [-0.39, 0.29) is 43.3 Å². The third kappa shape index (κ3) is 4.01. The zero-order chi connectivity index (χ0) is 21.7. The van der Waals surface area contributed by atoms with Crippen LogP contribution in [0.25, 0.3) is 0 Å². The van der Waals surface area contributed by atoms with Gasteiger partial charge in [-0.2, -0.15) is 5.26 Å². The summed E-state index contributed by atoms with van der Waals surface area (Å²) in [6.07, 6.45) is 1.12. The first-order valence-electron chi connectivity index (χ1n) is 9.51. The van der Waals surface area contributed by atoms with Gasteiger partial charge in [-0.1, -0.05) is 18.2 Å². The number of nitrogens with zero attached hydrogens (tertiary/aromatic N) is 2. The van der Waals surface area contributed by atoms with Crippen LogP contribution >= 0.6 is 0 Å². The maximum atomic E-state index is 14.3. The van der Waals surface area contributed by atoms with Gasteiger partial charge in [0.2, 0.25) is 5.91 Å². The summed E-state index contributed by atoms with van der Waals surface area (Å²) in [4.78, 5) is 37.4. The molecular formula is C22H21FN4O3. The van der Waals surface area contributed by atoms with Gasteiger partial charge in [-0.15, -0.1) is 0 Å². The number of nitriles is 1. The van der Waals surface area contributed by atoms with Crippen LogP contribution in [0.3, 0.4) is 0 Å². The van der Waals surface area contributed by atoms with Gasteiger partial charge in [0.25, 0.3) is 5.91 Å². The molecule has 1 aliphatic rings. The van der Waals surface area contributed by atoms with E-state index >= 15 is 0 Å². The lowest BCUT2D eigenvalue weighted by Gasteiger charge is -2.25. The van der Waals surface area contributed by atoms with E-state index in [1.807, 2.05) is 6.07 Å². The fourth-order valence-electron chi connectivity index (χ4n) is 3.59. The number of hydrogen-bond acceptors (Lipinski definition) is 5. The molecule has 2 amide bonds. The molecule has 1 atom stereocenters. The molecule has 7 nitrogen and oxygen atoms in total. The molecule has 0 spiro atoms. The van der Waals surface area contributed by atoms with E-state index in [0.29, 0.717) is 22.4 Å². The second-order valence-corrected chi connectivity index (χ2v) is 6.88. The van der Waals surface area contributed by atoms with Gasteiger partial charge < -0.3 is 20.3 Å². The third-order valence-corrected chi connectivity index (χ3v) is 5.15. The quantitative estimate of drug-likeness (QED) is 0.653. The monoisotopic (exact) mass is 408 g/mol. The van der Waals surface area contributed by atoms with Crippen molar-refractivity contribution < 1.29 is 18.8 Å². The third-order valence-electron chi connectivity index (χ3n) is 5.15. The minimum absolute atomic E-state index is 0.0301. The Morgan fingerprint density at radius 1 is 1.33 bits per heavy atom. The number of hydrogen-bond donors (Lipinski definition) is 2. The summed E-state index contributed by atoms with van der Waals surface area (Å²) in [7, 11) is 1.49. The topological polar surface area (TPSA) is 102 Å². The molecule has 0 saturated heterocycles. The van der Waals surface area contributed by atoms with Crippen molar-refractivity contribution in [1.29, 1.82) is 5.26 Å². The predicted octanol–water partition coefficient (Wildman–Crippen LogP) is 2.36. The predicted molar refractivity (Wildman–Crippen MR) is 108 cm³/mol. The summed E-state index contributed by atoms with van der Waals surface area (Å²) in [5.41, 5.74) is 2.13. The van der Waals surface area contributed by atoms with Crippen molar-refractivity contribution in [1.82, 2.24) is 10.2 Å². The average Bonchev–Trinajstić information content (AvgIpc) is 3.10. The number of aldehydes is 1. The molecule has 1 heterocycles. The molecule has 1 unspecified atom stereocenters. The van der Waals surface area contributed by atoms with Crippen LogP contribution in [0, 0.1) is 17.1 Å². The summed E-state index contributed by atoms with van der Waals surface area (Å²) in [6, 6.07) is 10.8. The minimum atomic E-state index is -0.752. The number of carbonyl (C=O) groups excluding carboxylic acids is 3. The SMILES string of the molecule is CNC(=O)C(CCC=O)N1Cc2c(NCc3cccc(C#N)c3F)cccc2C1=O. The first-order valence-corrected chi connectivity index (χ1v) is 9.51. The van der Waals surface area contributed by atoms with Crippen LogP contribution in [0.15, 0.2) is 36.4 Å². The molecule has 2 aromatic rings. The number of nitrogens with one attached hydrogen (secondary N) is 2. The summed E-state index contributed by atoms with van der Waals surface area (Å²) in [6.45, 7) is 0.338. The van der Waals surface area contributed by atoms with Gasteiger partial charge in [0.05, 0.1) is 5.56 Å². The van der Waals surface area contributed by atoms with Gasteiger partial charge in [0.1, 0.15) is 24.2 Å². The number of anilines is 1. The van der Waals surface area contributed by atoms with Crippen LogP contribution < -0.4 is 10.6 Å². The number of fused-ring (bicyclic) bond motifs is 1. The zero-order valence-corrected chi connectivity index (χ0v) is 16.4. The first-order chi connectivity index (χ1) is 14.5. The Kier molecular flexibility index (Phi) is 6.42. The lowest BCUT2D eigenvalue weighted by Crippen LogP contribution is -2.46. The van der Waals surface area contributed by atoms with Crippen molar-refractivity contribution in [2.75, 3.05) is 12.4 Å². The largest absolute Gasteiger partial charge is 0.381 e. The van der Waals surface area contributed by atoms with E-state index in [1.165, 1.54) is 18.0 Å². The van der Waals surface area contributed by atoms with E-state index in [4.69, 9.17) is 5.26 Å². The molecule has 0 aliphatic carbocycles. The second-order valence-electron chi connectivity index (χ2n) is 6.88. The Balaban J connectivity index is 1.84. The van der Waals surface area contributed by atoms with Crippen molar-refractivity contribution in [3.8, 4) is 6.07 Å². The number of rotatable bonds is 8. The van der Waals surface area contributed by atoms with Crippen LogP contribution in [-0.2, 0) is 22.7 Å². The Morgan fingerprint density at radius 3 is 2.80 bits per heavy atom. The van der Waals surface area contributed by atoms with Gasteiger partial charge in [0.15, 0.2) is 0 Å². The number of benzene rings is 2. The van der Waals surface area contributed by atoms with Crippen molar-refractivity contribution in [2.45, 2.75) is 32.0 Å².